The van der Waals surface area contributed by atoms with Crippen LogP contribution < -0.4 is 20.1 Å². The molecule has 0 atom stereocenters. The molecule has 56 heavy (non-hydrogen) atoms. The molecular weight excluding hydrogens is 813 g/mol. The van der Waals surface area contributed by atoms with Crippen molar-refractivity contribution in [3.05, 3.63) is 108 Å². The number of nitrogens with one attached hydrogen (secondary N) is 4. The quantitative estimate of drug-likeness (QED) is 0.0763. The maximum Gasteiger partial charge on any atom is 0.323 e. The summed E-state index contributed by atoms with van der Waals surface area (Å²) in [7, 11) is -19.4. The molecule has 0 heterocycles. The third-order valence-electron chi connectivity index (χ3n) is 8.47. The minimum absolute atomic E-state index is 0.0839. The second-order valence-electron chi connectivity index (χ2n) is 12.3. The zero-order chi connectivity index (χ0) is 41.0. The number of hydrogen-bond donors (Lipinski definition) is 8. The smallest absolute Gasteiger partial charge is 0.323 e. The number of fused-ring (bicyclic) bond motifs is 2. The van der Waals surface area contributed by atoms with E-state index in [1.807, 2.05) is 0 Å². The zero-order valence-electron chi connectivity index (χ0n) is 28.8. The molecule has 6 aromatic rings. The van der Waals surface area contributed by atoms with Gasteiger partial charge < -0.3 is 20.8 Å². The lowest BCUT2D eigenvalue weighted by Crippen LogP contribution is -2.21. The van der Waals surface area contributed by atoms with E-state index in [2.05, 4.69) is 20.1 Å². The summed E-state index contributed by atoms with van der Waals surface area (Å²) >= 11 is 0. The van der Waals surface area contributed by atoms with Crippen molar-refractivity contribution in [2.45, 2.75) is 33.4 Å². The van der Waals surface area contributed by atoms with Gasteiger partial charge in [-0.15, -0.1) is 0 Å². The fourth-order valence-electron chi connectivity index (χ4n) is 5.92. The van der Waals surface area contributed by atoms with Crippen LogP contribution in [0.5, 0.6) is 11.5 Å². The Balaban J connectivity index is 1.28. The summed E-state index contributed by atoms with van der Waals surface area (Å²) in [4.78, 5) is 10.6. The van der Waals surface area contributed by atoms with Gasteiger partial charge in [-0.1, -0.05) is 48.5 Å². The van der Waals surface area contributed by atoms with E-state index in [1.54, 1.807) is 0 Å². The van der Waals surface area contributed by atoms with Crippen LogP contribution in [0.3, 0.4) is 0 Å². The normalized spacial score (nSPS) is 12.4. The molecule has 0 spiro atoms. The Morgan fingerprint density at radius 3 is 1.23 bits per heavy atom. The summed E-state index contributed by atoms with van der Waals surface area (Å²) in [5.41, 5.74) is -1.11. The number of amides is 2. The highest BCUT2D eigenvalue weighted by Gasteiger charge is 2.28. The Kier molecular flexibility index (Phi) is 10.1. The third kappa shape index (κ3) is 7.89. The summed E-state index contributed by atoms with van der Waals surface area (Å²) in [6, 6.07) is 19.2. The van der Waals surface area contributed by atoms with Crippen LogP contribution in [-0.2, 0) is 40.3 Å². The van der Waals surface area contributed by atoms with E-state index in [9.17, 15) is 57.8 Å². The number of aromatic hydroxyl groups is 2. The van der Waals surface area contributed by atoms with Crippen LogP contribution in [0, 0.1) is 13.8 Å². The number of sulfonamides is 2. The molecule has 0 aliphatic rings. The number of hydrogen-bond acceptors (Lipinski definition) is 11. The first-order chi connectivity index (χ1) is 26.1. The van der Waals surface area contributed by atoms with Gasteiger partial charge in [0.25, 0.3) is 40.3 Å². The summed E-state index contributed by atoms with van der Waals surface area (Å²) in [6.07, 6.45) is 0. The number of carbonyl (C=O) groups excluding carboxylic acids is 1. The fourth-order valence-corrected chi connectivity index (χ4v) is 10.1. The van der Waals surface area contributed by atoms with Crippen molar-refractivity contribution in [1.29, 1.82) is 0 Å². The summed E-state index contributed by atoms with van der Waals surface area (Å²) in [5.74, 6) is -0.957. The molecule has 6 rings (SSSR count). The first-order valence-corrected chi connectivity index (χ1v) is 21.7. The van der Waals surface area contributed by atoms with Crippen molar-refractivity contribution in [2.24, 2.45) is 0 Å². The van der Waals surface area contributed by atoms with Gasteiger partial charge in [-0.2, -0.15) is 16.8 Å². The summed E-state index contributed by atoms with van der Waals surface area (Å²) in [6.45, 7) is 2.84. The Labute approximate surface area is 320 Å². The van der Waals surface area contributed by atoms with Gasteiger partial charge in [-0.25, -0.2) is 21.6 Å². The van der Waals surface area contributed by atoms with Gasteiger partial charge in [-0.05, 0) is 84.3 Å². The molecule has 0 bridgehead atoms. The van der Waals surface area contributed by atoms with Crippen LogP contribution >= 0.6 is 0 Å². The molecule has 17 nitrogen and oxygen atoms in total. The molecule has 0 saturated carbocycles. The number of phenolic OH excluding ortho intramolecular Hbond substituents is 2. The monoisotopic (exact) mass is 842 g/mol. The molecule has 8 N–H and O–H groups in total. The molecule has 0 aliphatic heterocycles. The second kappa shape index (κ2) is 14.3. The predicted molar refractivity (Wildman–Crippen MR) is 207 cm³/mol. The average Bonchev–Trinajstić information content (AvgIpc) is 3.08. The van der Waals surface area contributed by atoms with Gasteiger partial charge in [-0.3, -0.25) is 18.5 Å². The molecule has 6 aromatic carbocycles. The lowest BCUT2D eigenvalue weighted by Gasteiger charge is -2.17. The van der Waals surface area contributed by atoms with E-state index < -0.39 is 88.8 Å². The highest BCUT2D eigenvalue weighted by molar-refractivity contribution is 7.93. The second-order valence-corrected chi connectivity index (χ2v) is 18.4. The number of benzene rings is 6. The van der Waals surface area contributed by atoms with Crippen molar-refractivity contribution in [3.63, 3.8) is 0 Å². The largest absolute Gasteiger partial charge is 0.507 e. The lowest BCUT2D eigenvalue weighted by atomic mass is 10.1. The number of carbonyl (C=O) groups is 1. The maximum absolute atomic E-state index is 13.7. The fraction of sp³-hybridized carbons (Fsp3) is 0.0571. The van der Waals surface area contributed by atoms with Crippen molar-refractivity contribution < 1.29 is 57.8 Å². The molecule has 0 saturated heterocycles. The van der Waals surface area contributed by atoms with Crippen LogP contribution in [0.4, 0.5) is 27.5 Å². The molecule has 292 valence electrons. The number of phenols is 2. The van der Waals surface area contributed by atoms with E-state index in [0.29, 0.717) is 0 Å². The molecule has 2 amide bonds. The molecule has 21 heteroatoms. The zero-order valence-corrected chi connectivity index (χ0v) is 32.1. The van der Waals surface area contributed by atoms with Gasteiger partial charge >= 0.3 is 6.03 Å². The Morgan fingerprint density at radius 2 is 0.875 bits per heavy atom. The molecule has 0 unspecified atom stereocenters. The SMILES string of the molecule is Cc1ccc(NC(=O)Nc2ccc(C)c(S(=O)(=O)Nc3c(S(=O)(=O)O)ccc4cccc(O)c34)c2)cc1S(=O)(=O)Nc1c(S(=O)(=O)O)ccc2cccc(O)c12. The van der Waals surface area contributed by atoms with Crippen molar-refractivity contribution in [1.82, 2.24) is 0 Å². The van der Waals surface area contributed by atoms with Crippen molar-refractivity contribution in [2.75, 3.05) is 20.1 Å². The van der Waals surface area contributed by atoms with Crippen LogP contribution in [0.15, 0.2) is 117 Å². The van der Waals surface area contributed by atoms with Gasteiger partial charge in [0.05, 0.1) is 21.2 Å². The third-order valence-corrected chi connectivity index (χ3v) is 13.2. The van der Waals surface area contributed by atoms with Gasteiger partial charge in [0.2, 0.25) is 0 Å². The minimum atomic E-state index is -5.00. The molecule has 0 radical (unpaired) electrons. The van der Waals surface area contributed by atoms with Gasteiger partial charge in [0, 0.05) is 22.1 Å². The summed E-state index contributed by atoms with van der Waals surface area (Å²) < 4.78 is 128. The van der Waals surface area contributed by atoms with Crippen molar-refractivity contribution >= 4 is 90.6 Å². The number of urea groups is 1. The molecule has 0 aliphatic carbocycles. The van der Waals surface area contributed by atoms with Crippen LogP contribution in [-0.4, -0.2) is 59.0 Å². The molecule has 0 aromatic heterocycles. The first-order valence-electron chi connectivity index (χ1n) is 15.9. The van der Waals surface area contributed by atoms with E-state index >= 15 is 0 Å². The highest BCUT2D eigenvalue weighted by atomic mass is 32.2. The molecule has 0 fully saturated rings. The van der Waals surface area contributed by atoms with Crippen LogP contribution in [0.2, 0.25) is 0 Å². The van der Waals surface area contributed by atoms with E-state index in [-0.39, 0.29) is 44.0 Å². The topological polar surface area (TPSA) is 283 Å². The molecular formula is C35H30N4O13S4. The van der Waals surface area contributed by atoms with Crippen molar-refractivity contribution in [3.8, 4) is 11.5 Å². The van der Waals surface area contributed by atoms with Crippen LogP contribution in [0.1, 0.15) is 11.1 Å². The Bertz CT molecular complexity index is 2880. The predicted octanol–water partition coefficient (Wildman–Crippen LogP) is 5.76. The number of anilines is 4. The Hall–Kier alpha value is -5.97. The maximum atomic E-state index is 13.7. The standard InChI is InChI=1S/C35H30N4O13S4/c1-19-9-13-23(17-29(19)53(43,44)38-33-27(55(47,48)49)15-11-21-5-3-7-25(40)31(21)33)36-35(42)37-24-14-10-20(2)30(18-24)54(45,46)39-34-28(56(50,51)52)16-12-22-6-4-8-26(41)32(22)34/h3-18,38-41H,1-2H3,(H2,36,37,42)(H,47,48,49)(H,50,51,52). The Morgan fingerprint density at radius 1 is 0.500 bits per heavy atom. The van der Waals surface area contributed by atoms with E-state index in [1.165, 1.54) is 86.6 Å². The average molecular weight is 843 g/mol. The highest BCUT2D eigenvalue weighted by Crippen LogP contribution is 2.40. The first kappa shape index (κ1) is 39.7. The lowest BCUT2D eigenvalue weighted by molar-refractivity contribution is 0.262. The van der Waals surface area contributed by atoms with E-state index in [0.717, 1.165) is 24.3 Å². The number of rotatable bonds is 10. The number of aryl methyl sites for hydroxylation is 2. The summed E-state index contributed by atoms with van der Waals surface area (Å²) in [5, 5.41) is 26.0. The minimum Gasteiger partial charge on any atom is -0.507 e. The van der Waals surface area contributed by atoms with Gasteiger partial charge in [0.15, 0.2) is 0 Å². The van der Waals surface area contributed by atoms with Gasteiger partial charge in [0.1, 0.15) is 21.3 Å². The van der Waals surface area contributed by atoms with E-state index in [4.69, 9.17) is 0 Å². The van der Waals surface area contributed by atoms with Crippen LogP contribution in [0.25, 0.3) is 21.5 Å².